The summed E-state index contributed by atoms with van der Waals surface area (Å²) in [5, 5.41) is 6.59. The Morgan fingerprint density at radius 2 is 1.84 bits per heavy atom. The van der Waals surface area contributed by atoms with Crippen molar-refractivity contribution in [2.24, 2.45) is 10.9 Å². The Morgan fingerprint density at radius 1 is 1.03 bits per heavy atom. The first-order valence-electron chi connectivity index (χ1n) is 10.6. The molecule has 1 fully saturated rings. The summed E-state index contributed by atoms with van der Waals surface area (Å²) in [4.78, 5) is 8.59. The lowest BCUT2D eigenvalue weighted by Gasteiger charge is -2.12. The van der Waals surface area contributed by atoms with E-state index in [0.29, 0.717) is 25.6 Å². The van der Waals surface area contributed by atoms with E-state index in [1.54, 1.807) is 13.2 Å². The summed E-state index contributed by atoms with van der Waals surface area (Å²) in [6.07, 6.45) is 5.44. The number of para-hydroxylation sites is 1. The van der Waals surface area contributed by atoms with Crippen LogP contribution < -0.4 is 20.1 Å². The molecule has 0 radical (unpaired) electrons. The second-order valence-corrected chi connectivity index (χ2v) is 7.24. The summed E-state index contributed by atoms with van der Waals surface area (Å²) in [7, 11) is 1.77. The first kappa shape index (κ1) is 25.2. The number of guanidine groups is 1. The van der Waals surface area contributed by atoms with Gasteiger partial charge in [-0.05, 0) is 42.9 Å². The fraction of sp³-hybridized carbons (Fsp3) is 0.478. The third-order valence-corrected chi connectivity index (χ3v) is 4.63. The van der Waals surface area contributed by atoms with Gasteiger partial charge in [0.15, 0.2) is 5.96 Å². The molecule has 1 saturated carbocycles. The van der Waals surface area contributed by atoms with Gasteiger partial charge in [-0.15, -0.1) is 24.0 Å². The van der Waals surface area contributed by atoms with Gasteiger partial charge in [-0.25, -0.2) is 4.98 Å². The highest BCUT2D eigenvalue weighted by atomic mass is 127. The summed E-state index contributed by atoms with van der Waals surface area (Å²) in [5.74, 6) is 3.02. The van der Waals surface area contributed by atoms with Crippen molar-refractivity contribution in [3.8, 4) is 11.6 Å². The van der Waals surface area contributed by atoms with Crippen LogP contribution in [0, 0.1) is 5.92 Å². The topological polar surface area (TPSA) is 77.0 Å². The molecule has 2 aromatic rings. The fourth-order valence-electron chi connectivity index (χ4n) is 2.75. The van der Waals surface area contributed by atoms with E-state index in [4.69, 9.17) is 14.2 Å². The van der Waals surface area contributed by atoms with Crippen molar-refractivity contribution in [3.05, 3.63) is 54.2 Å². The molecule has 1 aliphatic rings. The highest BCUT2D eigenvalue weighted by molar-refractivity contribution is 14.0. The van der Waals surface area contributed by atoms with Crippen LogP contribution in [0.1, 0.15) is 24.8 Å². The molecule has 8 heteroatoms. The van der Waals surface area contributed by atoms with Gasteiger partial charge in [-0.3, -0.25) is 4.99 Å². The number of nitrogens with one attached hydrogen (secondary N) is 2. The number of hydrogen-bond acceptors (Lipinski definition) is 5. The smallest absolute Gasteiger partial charge is 0.213 e. The highest BCUT2D eigenvalue weighted by Crippen LogP contribution is 2.28. The van der Waals surface area contributed by atoms with Crippen LogP contribution >= 0.6 is 24.0 Å². The number of pyridine rings is 1. The molecular weight excluding hydrogens is 507 g/mol. The van der Waals surface area contributed by atoms with E-state index >= 15 is 0 Å². The van der Waals surface area contributed by atoms with E-state index in [1.165, 1.54) is 12.8 Å². The predicted molar refractivity (Wildman–Crippen MR) is 133 cm³/mol. The van der Waals surface area contributed by atoms with E-state index in [0.717, 1.165) is 49.4 Å². The molecule has 1 aromatic heterocycles. The van der Waals surface area contributed by atoms with Gasteiger partial charge in [0, 0.05) is 45.6 Å². The number of halogens is 1. The largest absolute Gasteiger partial charge is 0.490 e. The highest BCUT2D eigenvalue weighted by Gasteiger charge is 2.20. The lowest BCUT2D eigenvalue weighted by molar-refractivity contribution is 0.123. The molecule has 2 N–H and O–H groups in total. The summed E-state index contributed by atoms with van der Waals surface area (Å²) in [5.41, 5.74) is 1.05. The Morgan fingerprint density at radius 3 is 2.55 bits per heavy atom. The van der Waals surface area contributed by atoms with Gasteiger partial charge in [-0.1, -0.05) is 24.3 Å². The lowest BCUT2D eigenvalue weighted by atomic mass is 10.3. The molecule has 1 heterocycles. The van der Waals surface area contributed by atoms with Crippen LogP contribution in [0.15, 0.2) is 53.7 Å². The Balaban J connectivity index is 0.00000341. The molecule has 0 aliphatic heterocycles. The zero-order chi connectivity index (χ0) is 20.9. The Hall–Kier alpha value is -2.07. The van der Waals surface area contributed by atoms with Crippen molar-refractivity contribution in [1.29, 1.82) is 0 Å². The van der Waals surface area contributed by atoms with E-state index < -0.39 is 0 Å². The maximum atomic E-state index is 5.64. The second kappa shape index (κ2) is 14.9. The molecule has 0 unspecified atom stereocenters. The molecule has 0 bridgehead atoms. The number of rotatable bonds is 13. The van der Waals surface area contributed by atoms with Gasteiger partial charge in [0.2, 0.25) is 5.88 Å². The zero-order valence-electron chi connectivity index (χ0n) is 18.1. The molecule has 1 aromatic carbocycles. The molecule has 170 valence electrons. The number of benzene rings is 1. The zero-order valence-corrected chi connectivity index (χ0v) is 20.4. The minimum absolute atomic E-state index is 0. The molecule has 31 heavy (non-hydrogen) atoms. The van der Waals surface area contributed by atoms with Crippen LogP contribution in [-0.4, -0.2) is 51.0 Å². The van der Waals surface area contributed by atoms with Gasteiger partial charge < -0.3 is 24.8 Å². The van der Waals surface area contributed by atoms with E-state index in [-0.39, 0.29) is 24.0 Å². The number of aliphatic imine (C=N–C) groups is 1. The average Bonchev–Trinajstić information content (AvgIpc) is 3.62. The lowest BCUT2D eigenvalue weighted by Crippen LogP contribution is -2.37. The second-order valence-electron chi connectivity index (χ2n) is 7.24. The van der Waals surface area contributed by atoms with E-state index in [2.05, 4.69) is 20.6 Å². The van der Waals surface area contributed by atoms with Crippen molar-refractivity contribution in [2.75, 3.05) is 40.0 Å². The van der Waals surface area contributed by atoms with Crippen LogP contribution in [0.2, 0.25) is 0 Å². The van der Waals surface area contributed by atoms with Gasteiger partial charge in [0.25, 0.3) is 0 Å². The van der Waals surface area contributed by atoms with Crippen molar-refractivity contribution >= 4 is 29.9 Å². The summed E-state index contributed by atoms with van der Waals surface area (Å²) in [6, 6.07) is 13.6. The van der Waals surface area contributed by atoms with Crippen molar-refractivity contribution in [3.63, 3.8) is 0 Å². The molecule has 3 rings (SSSR count). The molecular formula is C23H33IN4O3. The SMILES string of the molecule is CN=C(NCCCOCC1CC1)NCc1ccc(OCCOc2ccccc2)nc1.I. The van der Waals surface area contributed by atoms with Crippen molar-refractivity contribution < 1.29 is 14.2 Å². The summed E-state index contributed by atoms with van der Waals surface area (Å²) in [6.45, 7) is 4.10. The standard InChI is InChI=1S/C23H32N4O3.HI/c1-24-23(25-12-5-13-28-18-19-8-9-19)27-17-20-10-11-22(26-16-20)30-15-14-29-21-6-3-2-4-7-21;/h2-4,6-7,10-11,16,19H,5,8-9,12-15,17-18H2,1H3,(H2,24,25,27);1H. The van der Waals surface area contributed by atoms with Gasteiger partial charge in [0.1, 0.15) is 19.0 Å². The quantitative estimate of drug-likeness (QED) is 0.175. The number of hydrogen-bond donors (Lipinski definition) is 2. The Bertz CT molecular complexity index is 755. The molecule has 0 amide bonds. The summed E-state index contributed by atoms with van der Waals surface area (Å²) >= 11 is 0. The monoisotopic (exact) mass is 540 g/mol. The minimum atomic E-state index is 0. The first-order chi connectivity index (χ1) is 14.8. The third-order valence-electron chi connectivity index (χ3n) is 4.63. The fourth-order valence-corrected chi connectivity index (χ4v) is 2.75. The Labute approximate surface area is 202 Å². The number of aromatic nitrogens is 1. The van der Waals surface area contributed by atoms with Gasteiger partial charge in [0.05, 0.1) is 0 Å². The normalized spacial score (nSPS) is 13.3. The van der Waals surface area contributed by atoms with Crippen LogP contribution in [0.4, 0.5) is 0 Å². The first-order valence-corrected chi connectivity index (χ1v) is 10.6. The molecule has 0 atom stereocenters. The molecule has 0 saturated heterocycles. The summed E-state index contributed by atoms with van der Waals surface area (Å²) < 4.78 is 16.9. The van der Waals surface area contributed by atoms with Crippen LogP contribution in [0.25, 0.3) is 0 Å². The number of nitrogens with zero attached hydrogens (tertiary/aromatic N) is 2. The van der Waals surface area contributed by atoms with Crippen LogP contribution in [0.5, 0.6) is 11.6 Å². The predicted octanol–water partition coefficient (Wildman–Crippen LogP) is 3.64. The van der Waals surface area contributed by atoms with Gasteiger partial charge >= 0.3 is 0 Å². The van der Waals surface area contributed by atoms with Crippen molar-refractivity contribution in [1.82, 2.24) is 15.6 Å². The van der Waals surface area contributed by atoms with Gasteiger partial charge in [-0.2, -0.15) is 0 Å². The maximum absolute atomic E-state index is 5.64. The molecule has 1 aliphatic carbocycles. The van der Waals surface area contributed by atoms with E-state index in [9.17, 15) is 0 Å². The average molecular weight is 540 g/mol. The molecule has 0 spiro atoms. The Kier molecular flexibility index (Phi) is 12.1. The third kappa shape index (κ3) is 10.7. The minimum Gasteiger partial charge on any atom is -0.490 e. The van der Waals surface area contributed by atoms with Crippen LogP contribution in [0.3, 0.4) is 0 Å². The van der Waals surface area contributed by atoms with Crippen molar-refractivity contribution in [2.45, 2.75) is 25.8 Å². The van der Waals surface area contributed by atoms with E-state index in [1.807, 2.05) is 42.5 Å². The van der Waals surface area contributed by atoms with Crippen LogP contribution in [-0.2, 0) is 11.3 Å². The molecule has 7 nitrogen and oxygen atoms in total. The maximum Gasteiger partial charge on any atom is 0.213 e. The number of ether oxygens (including phenoxy) is 3.